The molecule has 0 saturated carbocycles. The Hall–Kier alpha value is -2.60. The van der Waals surface area contributed by atoms with E-state index in [0.717, 1.165) is 35.4 Å². The number of carboxylic acid groups (broad SMARTS) is 1. The normalized spacial score (nSPS) is 12.2. The molecule has 0 spiro atoms. The SMILES string of the molecule is CCC(CCCNc1ccc(-c2ccc3cnc(Cl)nn23)cc1)C(=O)O. The number of rotatable bonds is 8. The summed E-state index contributed by atoms with van der Waals surface area (Å²) in [4.78, 5) is 15.0. The molecule has 0 fully saturated rings. The van der Waals surface area contributed by atoms with Gasteiger partial charge >= 0.3 is 5.97 Å². The number of nitrogens with zero attached hydrogens (tertiary/aromatic N) is 3. The third-order valence-corrected chi connectivity index (χ3v) is 4.62. The van der Waals surface area contributed by atoms with E-state index in [1.807, 2.05) is 43.3 Å². The van der Waals surface area contributed by atoms with Crippen LogP contribution < -0.4 is 5.32 Å². The van der Waals surface area contributed by atoms with Crippen LogP contribution in [0.4, 0.5) is 5.69 Å². The van der Waals surface area contributed by atoms with E-state index in [1.165, 1.54) is 0 Å². The van der Waals surface area contributed by atoms with Gasteiger partial charge in [-0.3, -0.25) is 4.79 Å². The molecule has 0 aliphatic carbocycles. The lowest BCUT2D eigenvalue weighted by molar-refractivity contribution is -0.142. The number of aromatic nitrogens is 3. The predicted octanol–water partition coefficient (Wildman–Crippen LogP) is 4.35. The molecule has 3 aromatic rings. The first-order valence-corrected chi connectivity index (χ1v) is 9.03. The average Bonchev–Trinajstić information content (AvgIpc) is 3.05. The molecule has 1 aromatic carbocycles. The van der Waals surface area contributed by atoms with Gasteiger partial charge in [-0.2, -0.15) is 0 Å². The number of fused-ring (bicyclic) bond motifs is 1. The molecule has 2 heterocycles. The molecule has 0 amide bonds. The van der Waals surface area contributed by atoms with Crippen LogP contribution >= 0.6 is 11.6 Å². The van der Waals surface area contributed by atoms with E-state index < -0.39 is 5.97 Å². The van der Waals surface area contributed by atoms with Crippen LogP contribution in [0.3, 0.4) is 0 Å². The molecule has 2 N–H and O–H groups in total. The standard InChI is InChI=1S/C19H21ClN4O2/c1-2-13(18(25)26)4-3-11-21-15-7-5-14(6-8-15)17-10-9-16-12-22-19(20)23-24(16)17/h5-10,12-13,21H,2-4,11H2,1H3,(H,25,26). The minimum atomic E-state index is -0.708. The summed E-state index contributed by atoms with van der Waals surface area (Å²) in [6.45, 7) is 2.66. The summed E-state index contributed by atoms with van der Waals surface area (Å²) >= 11 is 5.89. The van der Waals surface area contributed by atoms with Crippen molar-refractivity contribution in [3.8, 4) is 11.3 Å². The van der Waals surface area contributed by atoms with Crippen molar-refractivity contribution in [1.82, 2.24) is 14.6 Å². The molecule has 0 radical (unpaired) electrons. The number of hydrogen-bond acceptors (Lipinski definition) is 4. The van der Waals surface area contributed by atoms with Gasteiger partial charge in [-0.1, -0.05) is 19.1 Å². The molecular formula is C19H21ClN4O2. The summed E-state index contributed by atoms with van der Waals surface area (Å²) < 4.78 is 1.77. The lowest BCUT2D eigenvalue weighted by Gasteiger charge is -2.11. The van der Waals surface area contributed by atoms with Crippen molar-refractivity contribution in [2.45, 2.75) is 26.2 Å². The fraction of sp³-hybridized carbons (Fsp3) is 0.316. The fourth-order valence-electron chi connectivity index (χ4n) is 2.94. The summed E-state index contributed by atoms with van der Waals surface area (Å²) in [6, 6.07) is 12.0. The van der Waals surface area contributed by atoms with Crippen molar-refractivity contribution in [3.63, 3.8) is 0 Å². The number of halogens is 1. The van der Waals surface area contributed by atoms with E-state index in [4.69, 9.17) is 16.7 Å². The van der Waals surface area contributed by atoms with Gasteiger partial charge in [-0.15, -0.1) is 5.10 Å². The van der Waals surface area contributed by atoms with E-state index in [0.29, 0.717) is 12.8 Å². The monoisotopic (exact) mass is 372 g/mol. The molecule has 136 valence electrons. The Balaban J connectivity index is 1.61. The summed E-state index contributed by atoms with van der Waals surface area (Å²) in [7, 11) is 0. The number of nitrogens with one attached hydrogen (secondary N) is 1. The molecule has 2 aromatic heterocycles. The zero-order chi connectivity index (χ0) is 18.5. The fourth-order valence-corrected chi connectivity index (χ4v) is 3.07. The highest BCUT2D eigenvalue weighted by atomic mass is 35.5. The Bertz CT molecular complexity index is 892. The van der Waals surface area contributed by atoms with E-state index in [1.54, 1.807) is 10.7 Å². The predicted molar refractivity (Wildman–Crippen MR) is 103 cm³/mol. The van der Waals surface area contributed by atoms with Crippen LogP contribution in [0.15, 0.2) is 42.6 Å². The van der Waals surface area contributed by atoms with Gasteiger partial charge in [0.15, 0.2) is 0 Å². The molecule has 0 aliphatic heterocycles. The lowest BCUT2D eigenvalue weighted by atomic mass is 10.0. The smallest absolute Gasteiger partial charge is 0.306 e. The van der Waals surface area contributed by atoms with E-state index >= 15 is 0 Å². The van der Waals surface area contributed by atoms with Crippen LogP contribution in [-0.2, 0) is 4.79 Å². The van der Waals surface area contributed by atoms with Crippen LogP contribution in [-0.4, -0.2) is 32.2 Å². The second-order valence-corrected chi connectivity index (χ2v) is 6.51. The number of aliphatic carboxylic acids is 1. The second kappa shape index (κ2) is 8.19. The molecule has 7 heteroatoms. The molecule has 6 nitrogen and oxygen atoms in total. The maximum atomic E-state index is 11.0. The Labute approximate surface area is 156 Å². The van der Waals surface area contributed by atoms with Crippen molar-refractivity contribution in [2.24, 2.45) is 5.92 Å². The molecule has 1 atom stereocenters. The van der Waals surface area contributed by atoms with Gasteiger partial charge in [0.2, 0.25) is 5.28 Å². The molecule has 26 heavy (non-hydrogen) atoms. The largest absolute Gasteiger partial charge is 0.481 e. The van der Waals surface area contributed by atoms with Crippen LogP contribution in [0.5, 0.6) is 0 Å². The molecule has 1 unspecified atom stereocenters. The third-order valence-electron chi connectivity index (χ3n) is 4.45. The Kier molecular flexibility index (Phi) is 5.73. The zero-order valence-electron chi connectivity index (χ0n) is 14.5. The third kappa shape index (κ3) is 4.14. The van der Waals surface area contributed by atoms with Crippen molar-refractivity contribution < 1.29 is 9.90 Å². The highest BCUT2D eigenvalue weighted by Gasteiger charge is 2.13. The molecular weight excluding hydrogens is 352 g/mol. The van der Waals surface area contributed by atoms with Crippen LogP contribution in [0.2, 0.25) is 5.28 Å². The van der Waals surface area contributed by atoms with Gasteiger partial charge in [-0.05, 0) is 55.1 Å². The highest BCUT2D eigenvalue weighted by Crippen LogP contribution is 2.24. The molecule has 0 saturated heterocycles. The van der Waals surface area contributed by atoms with Gasteiger partial charge in [0.25, 0.3) is 0 Å². The van der Waals surface area contributed by atoms with Crippen molar-refractivity contribution in [3.05, 3.63) is 47.9 Å². The number of hydrogen-bond donors (Lipinski definition) is 2. The number of benzene rings is 1. The van der Waals surface area contributed by atoms with Gasteiger partial charge in [0.1, 0.15) is 0 Å². The van der Waals surface area contributed by atoms with Crippen LogP contribution in [0, 0.1) is 5.92 Å². The van der Waals surface area contributed by atoms with Gasteiger partial charge < -0.3 is 10.4 Å². The van der Waals surface area contributed by atoms with E-state index in [9.17, 15) is 4.79 Å². The Morgan fingerprint density at radius 3 is 2.73 bits per heavy atom. The average molecular weight is 373 g/mol. The topological polar surface area (TPSA) is 79.5 Å². The van der Waals surface area contributed by atoms with Crippen molar-refractivity contribution >= 4 is 28.8 Å². The van der Waals surface area contributed by atoms with Crippen molar-refractivity contribution in [2.75, 3.05) is 11.9 Å². The zero-order valence-corrected chi connectivity index (χ0v) is 15.3. The lowest BCUT2D eigenvalue weighted by Crippen LogP contribution is -2.14. The quantitative estimate of drug-likeness (QED) is 0.574. The molecule has 0 aliphatic rings. The summed E-state index contributed by atoms with van der Waals surface area (Å²) in [6.07, 6.45) is 3.87. The van der Waals surface area contributed by atoms with E-state index in [-0.39, 0.29) is 11.2 Å². The highest BCUT2D eigenvalue weighted by molar-refractivity contribution is 6.28. The van der Waals surface area contributed by atoms with Gasteiger partial charge in [0, 0.05) is 17.8 Å². The van der Waals surface area contributed by atoms with Crippen LogP contribution in [0.1, 0.15) is 26.2 Å². The molecule has 0 bridgehead atoms. The summed E-state index contributed by atoms with van der Waals surface area (Å²) in [5.41, 5.74) is 3.87. The first-order chi connectivity index (χ1) is 12.6. The first kappa shape index (κ1) is 18.2. The number of carboxylic acids is 1. The summed E-state index contributed by atoms with van der Waals surface area (Å²) in [5, 5.41) is 16.8. The second-order valence-electron chi connectivity index (χ2n) is 6.17. The Morgan fingerprint density at radius 2 is 2.04 bits per heavy atom. The minimum Gasteiger partial charge on any atom is -0.481 e. The first-order valence-electron chi connectivity index (χ1n) is 8.66. The Morgan fingerprint density at radius 1 is 1.27 bits per heavy atom. The van der Waals surface area contributed by atoms with Crippen LogP contribution in [0.25, 0.3) is 16.8 Å². The van der Waals surface area contributed by atoms with Crippen molar-refractivity contribution in [1.29, 1.82) is 0 Å². The van der Waals surface area contributed by atoms with Gasteiger partial charge in [0.05, 0.1) is 23.3 Å². The number of anilines is 1. The van der Waals surface area contributed by atoms with Gasteiger partial charge in [-0.25, -0.2) is 9.50 Å². The van der Waals surface area contributed by atoms with E-state index in [2.05, 4.69) is 15.4 Å². The molecule has 3 rings (SSSR count). The maximum absolute atomic E-state index is 11.0. The maximum Gasteiger partial charge on any atom is 0.306 e. The summed E-state index contributed by atoms with van der Waals surface area (Å²) in [5.74, 6) is -0.962. The number of carbonyl (C=O) groups is 1. The minimum absolute atomic E-state index is 0.208.